The fourth-order valence-electron chi connectivity index (χ4n) is 1.33. The van der Waals surface area contributed by atoms with Crippen LogP contribution in [0.25, 0.3) is 0 Å². The zero-order chi connectivity index (χ0) is 13.7. The first-order valence-corrected chi connectivity index (χ1v) is 6.03. The van der Waals surface area contributed by atoms with E-state index in [2.05, 4.69) is 41.6 Å². The number of rotatable bonds is 4. The first kappa shape index (κ1) is 13.2. The summed E-state index contributed by atoms with van der Waals surface area (Å²) in [7, 11) is 1.58. The molecule has 0 unspecified atom stereocenters. The second-order valence-electron chi connectivity index (χ2n) is 3.44. The molecule has 19 heavy (non-hydrogen) atoms. The van der Waals surface area contributed by atoms with Gasteiger partial charge in [-0.2, -0.15) is 5.10 Å². The van der Waals surface area contributed by atoms with E-state index in [1.54, 1.807) is 13.3 Å². The molecule has 1 heterocycles. The zero-order valence-corrected chi connectivity index (χ0v) is 11.5. The minimum Gasteiger partial charge on any atom is -0.496 e. The quantitative estimate of drug-likeness (QED) is 0.655. The molecule has 0 radical (unpaired) electrons. The summed E-state index contributed by atoms with van der Waals surface area (Å²) in [5.41, 5.74) is 2.99. The van der Waals surface area contributed by atoms with Gasteiger partial charge in [0.05, 0.1) is 13.3 Å². The second-order valence-corrected chi connectivity index (χ2v) is 4.35. The smallest absolute Gasteiger partial charge is 0.271 e. The topological polar surface area (TPSA) is 92.3 Å². The van der Waals surface area contributed by atoms with Gasteiger partial charge in [0.2, 0.25) is 5.95 Å². The Hall–Kier alpha value is -2.22. The molecule has 2 rings (SSSR count). The van der Waals surface area contributed by atoms with Gasteiger partial charge >= 0.3 is 0 Å². The number of halogens is 1. The van der Waals surface area contributed by atoms with Crippen molar-refractivity contribution in [2.24, 2.45) is 5.10 Å². The van der Waals surface area contributed by atoms with Gasteiger partial charge < -0.3 is 4.74 Å². The number of nitrogens with one attached hydrogen (secondary N) is 2. The minimum absolute atomic E-state index is 0.165. The molecule has 0 amide bonds. The number of ether oxygens (including phenoxy) is 1. The van der Waals surface area contributed by atoms with E-state index in [1.165, 1.54) is 0 Å². The Labute approximate surface area is 116 Å². The van der Waals surface area contributed by atoms with Crippen LogP contribution in [0.2, 0.25) is 0 Å². The maximum Gasteiger partial charge on any atom is 0.271 e. The molecule has 0 saturated heterocycles. The van der Waals surface area contributed by atoms with Gasteiger partial charge in [-0.1, -0.05) is 15.9 Å². The van der Waals surface area contributed by atoms with Crippen molar-refractivity contribution in [2.75, 3.05) is 12.5 Å². The first-order chi connectivity index (χ1) is 9.19. The van der Waals surface area contributed by atoms with Crippen molar-refractivity contribution in [3.05, 3.63) is 44.8 Å². The highest BCUT2D eigenvalue weighted by Gasteiger charge is 2.00. The third-order valence-corrected chi connectivity index (χ3v) is 2.63. The third-order valence-electron chi connectivity index (χ3n) is 2.14. The van der Waals surface area contributed by atoms with Crippen LogP contribution < -0.4 is 15.7 Å². The van der Waals surface area contributed by atoms with Crippen molar-refractivity contribution in [1.29, 1.82) is 0 Å². The third kappa shape index (κ3) is 3.62. The van der Waals surface area contributed by atoms with Gasteiger partial charge in [0.15, 0.2) is 0 Å². The number of hydrazone groups is 1. The summed E-state index contributed by atoms with van der Waals surface area (Å²) in [6, 6.07) is 5.53. The summed E-state index contributed by atoms with van der Waals surface area (Å²) in [6.07, 6.45) is 2.63. The fraction of sp³-hybridized carbons (Fsp3) is 0.0909. The normalized spacial score (nSPS) is 10.6. The van der Waals surface area contributed by atoms with Crippen LogP contribution in [-0.4, -0.2) is 28.5 Å². The maximum atomic E-state index is 11.0. The average Bonchev–Trinajstić information content (AvgIpc) is 2.39. The Bertz CT molecular complexity index is 656. The Kier molecular flexibility index (Phi) is 4.24. The summed E-state index contributed by atoms with van der Waals surface area (Å²) in [4.78, 5) is 13.4. The van der Waals surface area contributed by atoms with Gasteiger partial charge in [-0.3, -0.25) is 9.78 Å². The summed E-state index contributed by atoms with van der Waals surface area (Å²) in [6.45, 7) is 0. The second kappa shape index (κ2) is 6.10. The summed E-state index contributed by atoms with van der Waals surface area (Å²) in [5.74, 6) is 0.846. The summed E-state index contributed by atoms with van der Waals surface area (Å²) in [5, 5.41) is 11.1. The minimum atomic E-state index is -0.354. The van der Waals surface area contributed by atoms with Crippen molar-refractivity contribution in [1.82, 2.24) is 15.2 Å². The first-order valence-electron chi connectivity index (χ1n) is 5.23. The van der Waals surface area contributed by atoms with Gasteiger partial charge in [0, 0.05) is 10.0 Å². The molecule has 0 saturated carbocycles. The molecule has 0 aliphatic rings. The van der Waals surface area contributed by atoms with Gasteiger partial charge in [-0.25, -0.2) is 5.43 Å². The molecule has 98 valence electrons. The molecule has 0 aliphatic heterocycles. The lowest BCUT2D eigenvalue weighted by Gasteiger charge is -2.04. The summed E-state index contributed by atoms with van der Waals surface area (Å²) >= 11 is 3.36. The van der Waals surface area contributed by atoms with Crippen molar-refractivity contribution >= 4 is 28.1 Å². The van der Waals surface area contributed by atoms with Crippen molar-refractivity contribution in [3.63, 3.8) is 0 Å². The number of aromatic nitrogens is 3. The van der Waals surface area contributed by atoms with Crippen LogP contribution >= 0.6 is 15.9 Å². The van der Waals surface area contributed by atoms with Crippen LogP contribution in [0.4, 0.5) is 5.95 Å². The molecule has 0 bridgehead atoms. The highest BCUT2D eigenvalue weighted by molar-refractivity contribution is 9.10. The van der Waals surface area contributed by atoms with E-state index in [4.69, 9.17) is 4.74 Å². The molecule has 7 nitrogen and oxygen atoms in total. The highest BCUT2D eigenvalue weighted by Crippen LogP contribution is 2.21. The molecule has 2 aromatic rings. The number of benzene rings is 1. The van der Waals surface area contributed by atoms with Crippen LogP contribution in [0.1, 0.15) is 5.56 Å². The average molecular weight is 324 g/mol. The van der Waals surface area contributed by atoms with Crippen LogP contribution in [0.5, 0.6) is 5.75 Å². The van der Waals surface area contributed by atoms with E-state index >= 15 is 0 Å². The Balaban J connectivity index is 2.15. The van der Waals surface area contributed by atoms with Crippen molar-refractivity contribution in [2.45, 2.75) is 0 Å². The van der Waals surface area contributed by atoms with Crippen LogP contribution in [0.15, 0.2) is 38.8 Å². The van der Waals surface area contributed by atoms with Gasteiger partial charge in [0.1, 0.15) is 11.9 Å². The molecule has 0 spiro atoms. The van der Waals surface area contributed by atoms with E-state index in [1.807, 2.05) is 18.2 Å². The lowest BCUT2D eigenvalue weighted by atomic mass is 10.2. The molecule has 8 heteroatoms. The number of hydrogen-bond acceptors (Lipinski definition) is 6. The van der Waals surface area contributed by atoms with Gasteiger partial charge in [0.25, 0.3) is 5.56 Å². The Morgan fingerprint density at radius 1 is 1.53 bits per heavy atom. The monoisotopic (exact) mass is 323 g/mol. The Morgan fingerprint density at radius 2 is 2.37 bits per heavy atom. The predicted molar refractivity (Wildman–Crippen MR) is 74.6 cm³/mol. The number of H-pyrrole nitrogens is 1. The van der Waals surface area contributed by atoms with Crippen LogP contribution in [0.3, 0.4) is 0 Å². The molecular formula is C11H10BrN5O2. The lowest BCUT2D eigenvalue weighted by Crippen LogP contribution is -2.10. The fourth-order valence-corrected chi connectivity index (χ4v) is 1.71. The highest BCUT2D eigenvalue weighted by atomic mass is 79.9. The molecule has 0 atom stereocenters. The molecule has 1 aromatic carbocycles. The van der Waals surface area contributed by atoms with E-state index < -0.39 is 0 Å². The molecular weight excluding hydrogens is 314 g/mol. The van der Waals surface area contributed by atoms with Crippen LogP contribution in [-0.2, 0) is 0 Å². The lowest BCUT2D eigenvalue weighted by molar-refractivity contribution is 0.414. The maximum absolute atomic E-state index is 11.0. The van der Waals surface area contributed by atoms with E-state index in [0.717, 1.165) is 16.2 Å². The SMILES string of the molecule is COc1ccc(Br)cc1/C=N/Nc1nncc(=O)[nH]1. The number of aromatic amines is 1. The largest absolute Gasteiger partial charge is 0.496 e. The molecule has 0 aliphatic carbocycles. The van der Waals surface area contributed by atoms with Crippen molar-refractivity contribution < 1.29 is 4.74 Å². The number of anilines is 1. The van der Waals surface area contributed by atoms with E-state index in [-0.39, 0.29) is 11.5 Å². The predicted octanol–water partition coefficient (Wildman–Crippen LogP) is 1.38. The zero-order valence-electron chi connectivity index (χ0n) is 9.92. The molecule has 2 N–H and O–H groups in total. The standard InChI is InChI=1S/C11H10BrN5O2/c1-19-9-3-2-8(12)4-7(9)5-13-16-11-15-10(18)6-14-17-11/h2-6H,1H3,(H2,15,16,17,18)/b13-5+. The Morgan fingerprint density at radius 3 is 3.11 bits per heavy atom. The van der Waals surface area contributed by atoms with E-state index in [9.17, 15) is 4.79 Å². The molecule has 0 fully saturated rings. The van der Waals surface area contributed by atoms with Gasteiger partial charge in [-0.05, 0) is 18.2 Å². The number of hydrogen-bond donors (Lipinski definition) is 2. The van der Waals surface area contributed by atoms with E-state index in [0.29, 0.717) is 5.75 Å². The van der Waals surface area contributed by atoms with Crippen LogP contribution in [0, 0.1) is 0 Å². The summed E-state index contributed by atoms with van der Waals surface area (Å²) < 4.78 is 6.10. The van der Waals surface area contributed by atoms with Gasteiger partial charge in [-0.15, -0.1) is 10.2 Å². The number of nitrogens with zero attached hydrogens (tertiary/aromatic N) is 3. The number of methoxy groups -OCH3 is 1. The van der Waals surface area contributed by atoms with Crippen molar-refractivity contribution in [3.8, 4) is 5.75 Å². The molecule has 1 aromatic heterocycles.